The molecule has 4 aliphatic rings. The molecule has 3 fully saturated rings. The van der Waals surface area contributed by atoms with E-state index in [1.165, 1.54) is 38.8 Å². The van der Waals surface area contributed by atoms with Crippen LogP contribution in [0.25, 0.3) is 0 Å². The molecule has 0 N–H and O–H groups in total. The molecule has 0 aromatic heterocycles. The minimum atomic E-state index is 0.294. The fourth-order valence-electron chi connectivity index (χ4n) is 4.70. The predicted molar refractivity (Wildman–Crippen MR) is 69.8 cm³/mol. The van der Waals surface area contributed by atoms with Gasteiger partial charge in [-0.25, -0.2) is 0 Å². The minimum Gasteiger partial charge on any atom is -0.316 e. The summed E-state index contributed by atoms with van der Waals surface area (Å²) in [4.78, 5) is 17.4. The SMILES string of the molecule is O=C1[C@@H]2C[C@@H](CN3CCCC[C@H]23)[C@H]2CCC=CN12. The van der Waals surface area contributed by atoms with Gasteiger partial charge >= 0.3 is 0 Å². The summed E-state index contributed by atoms with van der Waals surface area (Å²) in [6.07, 6.45) is 11.6. The Morgan fingerprint density at radius 3 is 3.06 bits per heavy atom. The molecule has 2 bridgehead atoms. The van der Waals surface area contributed by atoms with Crippen LogP contribution < -0.4 is 0 Å². The average molecular weight is 246 g/mol. The van der Waals surface area contributed by atoms with Gasteiger partial charge in [0.15, 0.2) is 0 Å². The quantitative estimate of drug-likeness (QED) is 0.652. The first-order chi connectivity index (χ1) is 8.84. The summed E-state index contributed by atoms with van der Waals surface area (Å²) >= 11 is 0. The van der Waals surface area contributed by atoms with Gasteiger partial charge in [0.1, 0.15) is 0 Å². The van der Waals surface area contributed by atoms with Crippen LogP contribution in [0.5, 0.6) is 0 Å². The van der Waals surface area contributed by atoms with Crippen molar-refractivity contribution in [1.29, 1.82) is 0 Å². The van der Waals surface area contributed by atoms with Crippen molar-refractivity contribution in [2.75, 3.05) is 13.1 Å². The number of hydrogen-bond donors (Lipinski definition) is 0. The maximum Gasteiger partial charge on any atom is 0.231 e. The standard InChI is InChI=1S/C15H22N2O/c18-15-12-9-11(13-5-2-4-8-17(13)15)10-16-7-3-1-6-14(12)16/h4,8,11-14H,1-3,5-7,9-10H2/t11-,12+,13+,14+/m0/s1. The second-order valence-electron chi connectivity index (χ2n) is 6.44. The molecular weight excluding hydrogens is 224 g/mol. The van der Waals surface area contributed by atoms with Crippen molar-refractivity contribution in [3.63, 3.8) is 0 Å². The number of carbonyl (C=O) groups excluding carboxylic acids is 1. The van der Waals surface area contributed by atoms with Crippen LogP contribution in [0.4, 0.5) is 0 Å². The van der Waals surface area contributed by atoms with Crippen molar-refractivity contribution in [2.45, 2.75) is 50.6 Å². The number of amides is 1. The van der Waals surface area contributed by atoms with Crippen LogP contribution in [-0.2, 0) is 4.79 Å². The zero-order chi connectivity index (χ0) is 12.1. The van der Waals surface area contributed by atoms with Gasteiger partial charge < -0.3 is 4.90 Å². The highest BCUT2D eigenvalue weighted by molar-refractivity contribution is 5.82. The highest BCUT2D eigenvalue weighted by Gasteiger charge is 2.50. The molecule has 0 radical (unpaired) electrons. The number of rotatable bonds is 0. The van der Waals surface area contributed by atoms with E-state index in [1.807, 2.05) is 0 Å². The Bertz CT molecular complexity index is 392. The molecule has 98 valence electrons. The van der Waals surface area contributed by atoms with Crippen LogP contribution in [0.1, 0.15) is 38.5 Å². The fraction of sp³-hybridized carbons (Fsp3) is 0.800. The van der Waals surface area contributed by atoms with E-state index in [-0.39, 0.29) is 0 Å². The van der Waals surface area contributed by atoms with Gasteiger partial charge in [0.2, 0.25) is 5.91 Å². The first-order valence-electron chi connectivity index (χ1n) is 7.57. The second-order valence-corrected chi connectivity index (χ2v) is 6.44. The van der Waals surface area contributed by atoms with Crippen LogP contribution >= 0.6 is 0 Å². The van der Waals surface area contributed by atoms with Gasteiger partial charge in [-0.2, -0.15) is 0 Å². The van der Waals surface area contributed by atoms with Gasteiger partial charge in [-0.15, -0.1) is 0 Å². The van der Waals surface area contributed by atoms with Crippen molar-refractivity contribution in [2.24, 2.45) is 11.8 Å². The van der Waals surface area contributed by atoms with E-state index >= 15 is 0 Å². The molecule has 0 spiro atoms. The summed E-state index contributed by atoms with van der Waals surface area (Å²) in [5.41, 5.74) is 0. The van der Waals surface area contributed by atoms with Gasteiger partial charge in [-0.3, -0.25) is 9.69 Å². The molecule has 3 nitrogen and oxygen atoms in total. The molecule has 1 amide bonds. The lowest BCUT2D eigenvalue weighted by atomic mass is 9.71. The Balaban J connectivity index is 1.67. The lowest BCUT2D eigenvalue weighted by molar-refractivity contribution is -0.152. The Labute approximate surface area is 109 Å². The topological polar surface area (TPSA) is 23.6 Å². The Morgan fingerprint density at radius 2 is 2.11 bits per heavy atom. The molecule has 4 rings (SSSR count). The predicted octanol–water partition coefficient (Wildman–Crippen LogP) is 2.00. The van der Waals surface area contributed by atoms with Crippen LogP contribution in [0, 0.1) is 11.8 Å². The first kappa shape index (κ1) is 11.0. The summed E-state index contributed by atoms with van der Waals surface area (Å²) in [5, 5.41) is 0. The average Bonchev–Trinajstić information content (AvgIpc) is 2.44. The largest absolute Gasteiger partial charge is 0.316 e. The monoisotopic (exact) mass is 246 g/mol. The minimum absolute atomic E-state index is 0.294. The second kappa shape index (κ2) is 4.09. The van der Waals surface area contributed by atoms with E-state index in [2.05, 4.69) is 22.1 Å². The molecule has 0 aliphatic carbocycles. The molecule has 0 unspecified atom stereocenters. The van der Waals surface area contributed by atoms with Crippen molar-refractivity contribution >= 4 is 5.91 Å². The maximum atomic E-state index is 12.7. The number of fused-ring (bicyclic) bond motifs is 6. The normalized spacial score (nSPS) is 43.6. The lowest BCUT2D eigenvalue weighted by Crippen LogP contribution is -2.64. The zero-order valence-electron chi connectivity index (χ0n) is 10.9. The van der Waals surface area contributed by atoms with Gasteiger partial charge in [0.05, 0.1) is 5.92 Å². The van der Waals surface area contributed by atoms with Gasteiger partial charge in [-0.05, 0) is 44.6 Å². The van der Waals surface area contributed by atoms with E-state index in [1.54, 1.807) is 0 Å². The van der Waals surface area contributed by atoms with Crippen molar-refractivity contribution < 1.29 is 4.79 Å². The number of nitrogens with zero attached hydrogens (tertiary/aromatic N) is 2. The summed E-state index contributed by atoms with van der Waals surface area (Å²) in [7, 11) is 0. The number of carbonyl (C=O) groups is 1. The van der Waals surface area contributed by atoms with Crippen molar-refractivity contribution in [3.8, 4) is 0 Å². The molecule has 4 heterocycles. The maximum absolute atomic E-state index is 12.7. The number of hydrogen-bond acceptors (Lipinski definition) is 2. The van der Waals surface area contributed by atoms with Crippen LogP contribution in [-0.4, -0.2) is 40.9 Å². The highest BCUT2D eigenvalue weighted by Crippen LogP contribution is 2.43. The van der Waals surface area contributed by atoms with Gasteiger partial charge in [-0.1, -0.05) is 12.5 Å². The van der Waals surface area contributed by atoms with Gasteiger partial charge in [0.25, 0.3) is 0 Å². The Kier molecular flexibility index (Phi) is 2.51. The molecule has 3 heteroatoms. The third-order valence-corrected chi connectivity index (χ3v) is 5.52. The smallest absolute Gasteiger partial charge is 0.231 e. The summed E-state index contributed by atoms with van der Waals surface area (Å²) in [5.74, 6) is 1.44. The zero-order valence-corrected chi connectivity index (χ0v) is 10.9. The third-order valence-electron chi connectivity index (χ3n) is 5.52. The number of allylic oxidation sites excluding steroid dienone is 1. The fourth-order valence-corrected chi connectivity index (χ4v) is 4.70. The first-order valence-corrected chi connectivity index (χ1v) is 7.57. The summed E-state index contributed by atoms with van der Waals surface area (Å²) in [6, 6.07) is 1.06. The molecule has 0 aromatic carbocycles. The highest BCUT2D eigenvalue weighted by atomic mass is 16.2. The Hall–Kier alpha value is -0.830. The van der Waals surface area contributed by atoms with E-state index in [0.29, 0.717) is 23.9 Å². The van der Waals surface area contributed by atoms with Crippen molar-refractivity contribution in [1.82, 2.24) is 9.80 Å². The van der Waals surface area contributed by atoms with E-state index < -0.39 is 0 Å². The molecule has 0 saturated carbocycles. The van der Waals surface area contributed by atoms with Crippen LogP contribution in [0.2, 0.25) is 0 Å². The third kappa shape index (κ3) is 1.49. The molecule has 18 heavy (non-hydrogen) atoms. The van der Waals surface area contributed by atoms with Crippen LogP contribution in [0.15, 0.2) is 12.3 Å². The van der Waals surface area contributed by atoms with E-state index in [4.69, 9.17) is 0 Å². The van der Waals surface area contributed by atoms with Crippen molar-refractivity contribution in [3.05, 3.63) is 12.3 Å². The number of piperidine rings is 3. The molecule has 0 aromatic rings. The lowest BCUT2D eigenvalue weighted by Gasteiger charge is -2.55. The Morgan fingerprint density at radius 1 is 1.17 bits per heavy atom. The summed E-state index contributed by atoms with van der Waals surface area (Å²) in [6.45, 7) is 2.47. The molecular formula is C15H22N2O. The van der Waals surface area contributed by atoms with E-state index in [9.17, 15) is 4.79 Å². The van der Waals surface area contributed by atoms with E-state index in [0.717, 1.165) is 18.8 Å². The van der Waals surface area contributed by atoms with Crippen LogP contribution in [0.3, 0.4) is 0 Å². The van der Waals surface area contributed by atoms with Gasteiger partial charge in [0, 0.05) is 24.8 Å². The molecule has 3 saturated heterocycles. The summed E-state index contributed by atoms with van der Waals surface area (Å²) < 4.78 is 0. The molecule has 4 aliphatic heterocycles. The molecule has 4 atom stereocenters.